The van der Waals surface area contributed by atoms with Gasteiger partial charge in [0.15, 0.2) is 0 Å². The van der Waals surface area contributed by atoms with Crippen molar-refractivity contribution in [3.8, 4) is 5.69 Å². The second-order valence-electron chi connectivity index (χ2n) is 4.08. The molecule has 18 heavy (non-hydrogen) atoms. The van der Waals surface area contributed by atoms with Crippen LogP contribution in [0.4, 0.5) is 4.39 Å². The van der Waals surface area contributed by atoms with Crippen molar-refractivity contribution in [3.05, 3.63) is 42.0 Å². The maximum Gasteiger partial charge on any atom is 0.306 e. The quantitative estimate of drug-likeness (QED) is 0.894. The van der Waals surface area contributed by atoms with Crippen molar-refractivity contribution in [2.45, 2.75) is 13.3 Å². The Morgan fingerprint density at radius 3 is 3.00 bits per heavy atom. The molecule has 0 aliphatic heterocycles. The van der Waals surface area contributed by atoms with Gasteiger partial charge in [0, 0.05) is 6.42 Å². The van der Waals surface area contributed by atoms with Crippen LogP contribution in [0.2, 0.25) is 0 Å². The Bertz CT molecular complexity index is 568. The van der Waals surface area contributed by atoms with Gasteiger partial charge in [-0.05, 0) is 18.2 Å². The van der Waals surface area contributed by atoms with E-state index in [1.54, 1.807) is 25.3 Å². The molecule has 1 heterocycles. The third-order valence-corrected chi connectivity index (χ3v) is 2.55. The highest BCUT2D eigenvalue weighted by atomic mass is 19.1. The molecule has 2 rings (SSSR count). The molecular weight excluding hydrogens is 237 g/mol. The minimum atomic E-state index is -0.879. The minimum Gasteiger partial charge on any atom is -0.481 e. The number of halogens is 1. The van der Waals surface area contributed by atoms with Gasteiger partial charge in [0.2, 0.25) is 0 Å². The average molecular weight is 249 g/mol. The zero-order valence-electron chi connectivity index (χ0n) is 9.75. The van der Waals surface area contributed by atoms with Crippen molar-refractivity contribution >= 4 is 5.97 Å². The van der Waals surface area contributed by atoms with E-state index in [1.807, 2.05) is 0 Å². The predicted molar refractivity (Wildman–Crippen MR) is 61.8 cm³/mol. The second kappa shape index (κ2) is 4.95. The summed E-state index contributed by atoms with van der Waals surface area (Å²) in [6.45, 7) is 1.60. The van der Waals surface area contributed by atoms with E-state index in [0.717, 1.165) is 0 Å². The Labute approximate surface area is 103 Å². The maximum absolute atomic E-state index is 13.0. The van der Waals surface area contributed by atoms with Crippen LogP contribution in [0.5, 0.6) is 0 Å². The summed E-state index contributed by atoms with van der Waals surface area (Å²) < 4.78 is 14.5. The highest BCUT2D eigenvalue weighted by Crippen LogP contribution is 2.11. The molecular formula is C12H12FN3O2. The Balaban J connectivity index is 2.18. The number of rotatable bonds is 4. The number of carbonyl (C=O) groups is 1. The first-order valence-electron chi connectivity index (χ1n) is 5.46. The smallest absolute Gasteiger partial charge is 0.306 e. The molecule has 0 aliphatic rings. The van der Waals surface area contributed by atoms with Crippen LogP contribution in [0.3, 0.4) is 0 Å². The van der Waals surface area contributed by atoms with Crippen molar-refractivity contribution in [2.24, 2.45) is 5.92 Å². The lowest BCUT2D eigenvalue weighted by Crippen LogP contribution is -2.12. The highest BCUT2D eigenvalue weighted by molar-refractivity contribution is 5.69. The Morgan fingerprint density at radius 1 is 1.56 bits per heavy atom. The van der Waals surface area contributed by atoms with E-state index < -0.39 is 11.9 Å². The molecule has 0 amide bonds. The number of aromatic nitrogens is 3. The molecule has 6 heteroatoms. The van der Waals surface area contributed by atoms with Crippen LogP contribution in [0, 0.1) is 11.7 Å². The van der Waals surface area contributed by atoms with Crippen molar-refractivity contribution in [3.63, 3.8) is 0 Å². The molecule has 1 N–H and O–H groups in total. The predicted octanol–water partition coefficient (Wildman–Crippen LogP) is 1.67. The van der Waals surface area contributed by atoms with Crippen molar-refractivity contribution < 1.29 is 14.3 Å². The van der Waals surface area contributed by atoms with Gasteiger partial charge >= 0.3 is 5.97 Å². The third-order valence-electron chi connectivity index (χ3n) is 2.55. The van der Waals surface area contributed by atoms with Crippen LogP contribution in [0.1, 0.15) is 12.6 Å². The monoisotopic (exact) mass is 249 g/mol. The highest BCUT2D eigenvalue weighted by Gasteiger charge is 2.14. The van der Waals surface area contributed by atoms with Crippen LogP contribution in [0.15, 0.2) is 30.5 Å². The van der Waals surface area contributed by atoms with Gasteiger partial charge < -0.3 is 5.11 Å². The summed E-state index contributed by atoms with van der Waals surface area (Å²) in [6.07, 6.45) is 1.90. The molecule has 0 bridgehead atoms. The van der Waals surface area contributed by atoms with Crippen LogP contribution >= 0.6 is 0 Å². The number of carboxylic acids is 1. The maximum atomic E-state index is 13.0. The fourth-order valence-electron chi connectivity index (χ4n) is 1.54. The number of benzene rings is 1. The lowest BCUT2D eigenvalue weighted by molar-refractivity contribution is -0.141. The summed E-state index contributed by atoms with van der Waals surface area (Å²) in [4.78, 5) is 10.7. The summed E-state index contributed by atoms with van der Waals surface area (Å²) in [5, 5.41) is 16.5. The van der Waals surface area contributed by atoms with Gasteiger partial charge in [0.25, 0.3) is 0 Å². The van der Waals surface area contributed by atoms with Gasteiger partial charge in [-0.1, -0.05) is 18.2 Å². The van der Waals surface area contributed by atoms with Crippen molar-refractivity contribution in [1.82, 2.24) is 15.0 Å². The minimum absolute atomic E-state index is 0.296. The standard InChI is InChI=1S/C12H12FN3O2/c1-8(12(17)18)5-10-7-16(15-14-10)11-4-2-3-9(13)6-11/h2-4,6-8H,5H2,1H3,(H,17,18). The van der Waals surface area contributed by atoms with Crippen molar-refractivity contribution in [1.29, 1.82) is 0 Å². The fourth-order valence-corrected chi connectivity index (χ4v) is 1.54. The molecule has 0 fully saturated rings. The summed E-state index contributed by atoms with van der Waals surface area (Å²) in [5.74, 6) is -1.76. The molecule has 0 spiro atoms. The van der Waals surface area contributed by atoms with Crippen LogP contribution in [0.25, 0.3) is 5.69 Å². The molecule has 1 aromatic carbocycles. The van der Waals surface area contributed by atoms with E-state index >= 15 is 0 Å². The van der Waals surface area contributed by atoms with Gasteiger partial charge in [-0.25, -0.2) is 9.07 Å². The molecule has 0 aliphatic carbocycles. The largest absolute Gasteiger partial charge is 0.481 e. The third kappa shape index (κ3) is 2.71. The summed E-state index contributed by atoms with van der Waals surface area (Å²) in [7, 11) is 0. The molecule has 0 saturated heterocycles. The van der Waals surface area contributed by atoms with Gasteiger partial charge in [-0.2, -0.15) is 0 Å². The SMILES string of the molecule is CC(Cc1cn(-c2cccc(F)c2)nn1)C(=O)O. The Morgan fingerprint density at radius 2 is 2.33 bits per heavy atom. The second-order valence-corrected chi connectivity index (χ2v) is 4.08. The number of nitrogens with zero attached hydrogens (tertiary/aromatic N) is 3. The van der Waals surface area contributed by atoms with E-state index in [4.69, 9.17) is 5.11 Å². The van der Waals surface area contributed by atoms with E-state index in [9.17, 15) is 9.18 Å². The molecule has 1 unspecified atom stereocenters. The van der Waals surface area contributed by atoms with E-state index in [-0.39, 0.29) is 5.82 Å². The molecule has 1 aromatic heterocycles. The number of hydrogen-bond acceptors (Lipinski definition) is 3. The Kier molecular flexibility index (Phi) is 3.36. The van der Waals surface area contributed by atoms with Gasteiger partial charge in [0.05, 0.1) is 23.5 Å². The summed E-state index contributed by atoms with van der Waals surface area (Å²) in [6, 6.07) is 5.95. The number of hydrogen-bond donors (Lipinski definition) is 1. The van der Waals surface area contributed by atoms with Crippen LogP contribution < -0.4 is 0 Å². The van der Waals surface area contributed by atoms with Crippen molar-refractivity contribution in [2.75, 3.05) is 0 Å². The molecule has 0 radical (unpaired) electrons. The zero-order chi connectivity index (χ0) is 13.1. The number of carboxylic acid groups (broad SMARTS) is 1. The first kappa shape index (κ1) is 12.2. The lowest BCUT2D eigenvalue weighted by atomic mass is 10.1. The molecule has 0 saturated carbocycles. The first-order valence-corrected chi connectivity index (χ1v) is 5.46. The topological polar surface area (TPSA) is 68.0 Å². The zero-order valence-corrected chi connectivity index (χ0v) is 9.75. The first-order chi connectivity index (χ1) is 8.56. The molecule has 2 aromatic rings. The van der Waals surface area contributed by atoms with E-state index in [1.165, 1.54) is 16.8 Å². The van der Waals surface area contributed by atoms with E-state index in [2.05, 4.69) is 10.3 Å². The lowest BCUT2D eigenvalue weighted by Gasteiger charge is -2.01. The number of aliphatic carboxylic acids is 1. The van der Waals surface area contributed by atoms with Crippen LogP contribution in [-0.2, 0) is 11.2 Å². The van der Waals surface area contributed by atoms with E-state index in [0.29, 0.717) is 17.8 Å². The van der Waals surface area contributed by atoms with Crippen LogP contribution in [-0.4, -0.2) is 26.1 Å². The molecule has 94 valence electrons. The van der Waals surface area contributed by atoms with Gasteiger partial charge in [0.1, 0.15) is 5.82 Å². The fraction of sp³-hybridized carbons (Fsp3) is 0.250. The Hall–Kier alpha value is -2.24. The summed E-state index contributed by atoms with van der Waals surface area (Å²) in [5.41, 5.74) is 1.12. The normalized spacial score (nSPS) is 12.3. The molecule has 5 nitrogen and oxygen atoms in total. The van der Waals surface area contributed by atoms with Gasteiger partial charge in [-0.3, -0.25) is 4.79 Å². The molecule has 1 atom stereocenters. The van der Waals surface area contributed by atoms with Gasteiger partial charge in [-0.15, -0.1) is 5.10 Å². The average Bonchev–Trinajstić information content (AvgIpc) is 2.77. The summed E-state index contributed by atoms with van der Waals surface area (Å²) >= 11 is 0.